The SMILES string of the molecule is O=C(O)CC1CC(=O)N(c2c[nH]c3ccccc23)C1. The van der Waals surface area contributed by atoms with Crippen molar-refractivity contribution in [3.05, 3.63) is 30.5 Å². The maximum absolute atomic E-state index is 12.0. The summed E-state index contributed by atoms with van der Waals surface area (Å²) in [6.45, 7) is 0.479. The minimum atomic E-state index is -0.849. The molecule has 1 amide bonds. The Labute approximate surface area is 109 Å². The van der Waals surface area contributed by atoms with Crippen LogP contribution in [0.5, 0.6) is 0 Å². The Bertz CT molecular complexity index is 647. The van der Waals surface area contributed by atoms with E-state index >= 15 is 0 Å². The Morgan fingerprint density at radius 2 is 2.21 bits per heavy atom. The van der Waals surface area contributed by atoms with Crippen molar-refractivity contribution >= 4 is 28.5 Å². The van der Waals surface area contributed by atoms with Gasteiger partial charge in [0.15, 0.2) is 0 Å². The predicted octanol–water partition coefficient (Wildman–Crippen LogP) is 2.00. The van der Waals surface area contributed by atoms with Gasteiger partial charge in [-0.1, -0.05) is 18.2 Å². The normalized spacial score (nSPS) is 19.3. The van der Waals surface area contributed by atoms with Gasteiger partial charge in [0.1, 0.15) is 0 Å². The summed E-state index contributed by atoms with van der Waals surface area (Å²) in [7, 11) is 0. The second-order valence-electron chi connectivity index (χ2n) is 4.89. The summed E-state index contributed by atoms with van der Waals surface area (Å²) in [5.41, 5.74) is 1.82. The van der Waals surface area contributed by atoms with E-state index in [0.717, 1.165) is 16.6 Å². The molecule has 1 aliphatic heterocycles. The second-order valence-corrected chi connectivity index (χ2v) is 4.89. The van der Waals surface area contributed by atoms with Crippen LogP contribution in [0.15, 0.2) is 30.5 Å². The number of nitrogens with zero attached hydrogens (tertiary/aromatic N) is 1. The fourth-order valence-corrected chi connectivity index (χ4v) is 2.68. The van der Waals surface area contributed by atoms with Gasteiger partial charge < -0.3 is 15.0 Å². The molecule has 1 aromatic carbocycles. The van der Waals surface area contributed by atoms with Crippen LogP contribution in [0.3, 0.4) is 0 Å². The van der Waals surface area contributed by atoms with Crippen molar-refractivity contribution in [3.8, 4) is 0 Å². The molecule has 0 spiro atoms. The molecule has 1 aromatic heterocycles. The number of carbonyl (C=O) groups excluding carboxylic acids is 1. The van der Waals surface area contributed by atoms with Crippen molar-refractivity contribution in [1.29, 1.82) is 0 Å². The number of benzene rings is 1. The minimum Gasteiger partial charge on any atom is -0.481 e. The Balaban J connectivity index is 1.90. The second kappa shape index (κ2) is 4.42. The fourth-order valence-electron chi connectivity index (χ4n) is 2.68. The predicted molar refractivity (Wildman–Crippen MR) is 71.0 cm³/mol. The molecule has 5 heteroatoms. The standard InChI is InChI=1S/C14H14N2O3/c17-13-5-9(6-14(18)19)8-16(13)12-7-15-11-4-2-1-3-10(11)12/h1-4,7,9,15H,5-6,8H2,(H,18,19). The molecule has 5 nitrogen and oxygen atoms in total. The third-order valence-electron chi connectivity index (χ3n) is 3.53. The third-order valence-corrected chi connectivity index (χ3v) is 3.53. The van der Waals surface area contributed by atoms with E-state index in [1.807, 2.05) is 30.5 Å². The van der Waals surface area contributed by atoms with Crippen LogP contribution >= 0.6 is 0 Å². The van der Waals surface area contributed by atoms with Gasteiger partial charge in [-0.3, -0.25) is 9.59 Å². The van der Waals surface area contributed by atoms with E-state index in [1.54, 1.807) is 4.90 Å². The van der Waals surface area contributed by atoms with Crippen LogP contribution in [0.1, 0.15) is 12.8 Å². The highest BCUT2D eigenvalue weighted by atomic mass is 16.4. The maximum atomic E-state index is 12.0. The number of carboxylic acids is 1. The number of aromatic amines is 1. The molecule has 0 aliphatic carbocycles. The first-order valence-electron chi connectivity index (χ1n) is 6.23. The van der Waals surface area contributed by atoms with Crippen molar-refractivity contribution < 1.29 is 14.7 Å². The van der Waals surface area contributed by atoms with Gasteiger partial charge in [0.25, 0.3) is 0 Å². The van der Waals surface area contributed by atoms with Gasteiger partial charge in [0.2, 0.25) is 5.91 Å². The summed E-state index contributed by atoms with van der Waals surface area (Å²) in [4.78, 5) is 27.6. The van der Waals surface area contributed by atoms with Crippen molar-refractivity contribution in [2.45, 2.75) is 12.8 Å². The molecule has 2 aromatic rings. The lowest BCUT2D eigenvalue weighted by Crippen LogP contribution is -2.24. The first kappa shape index (κ1) is 11.8. The number of nitrogens with one attached hydrogen (secondary N) is 1. The molecule has 0 bridgehead atoms. The lowest BCUT2D eigenvalue weighted by Gasteiger charge is -2.15. The zero-order valence-electron chi connectivity index (χ0n) is 10.3. The summed E-state index contributed by atoms with van der Waals surface area (Å²) in [5.74, 6) is -0.951. The lowest BCUT2D eigenvalue weighted by atomic mass is 10.1. The smallest absolute Gasteiger partial charge is 0.303 e. The number of hydrogen-bond acceptors (Lipinski definition) is 2. The number of para-hydroxylation sites is 1. The van der Waals surface area contributed by atoms with Gasteiger partial charge in [0, 0.05) is 30.1 Å². The van der Waals surface area contributed by atoms with E-state index in [4.69, 9.17) is 5.11 Å². The molecule has 1 atom stereocenters. The van der Waals surface area contributed by atoms with Gasteiger partial charge in [0.05, 0.1) is 12.1 Å². The minimum absolute atomic E-state index is 0.00370. The monoisotopic (exact) mass is 258 g/mol. The Kier molecular flexibility index (Phi) is 2.74. The van der Waals surface area contributed by atoms with Crippen molar-refractivity contribution in [3.63, 3.8) is 0 Å². The molecular formula is C14H14N2O3. The summed E-state index contributed by atoms with van der Waals surface area (Å²) in [5, 5.41) is 9.81. The number of rotatable bonds is 3. The summed E-state index contributed by atoms with van der Waals surface area (Å²) in [6.07, 6.45) is 2.17. The molecule has 1 saturated heterocycles. The van der Waals surface area contributed by atoms with Crippen LogP contribution < -0.4 is 4.90 Å². The highest BCUT2D eigenvalue weighted by Crippen LogP contribution is 2.32. The average molecular weight is 258 g/mol. The van der Waals surface area contributed by atoms with Crippen LogP contribution in [-0.2, 0) is 9.59 Å². The van der Waals surface area contributed by atoms with Gasteiger partial charge in [-0.05, 0) is 12.0 Å². The number of H-pyrrole nitrogens is 1. The number of fused-ring (bicyclic) bond motifs is 1. The van der Waals surface area contributed by atoms with E-state index < -0.39 is 5.97 Å². The largest absolute Gasteiger partial charge is 0.481 e. The highest BCUT2D eigenvalue weighted by Gasteiger charge is 2.32. The Morgan fingerprint density at radius 1 is 1.42 bits per heavy atom. The summed E-state index contributed by atoms with van der Waals surface area (Å²) < 4.78 is 0. The van der Waals surface area contributed by atoms with Crippen molar-refractivity contribution in [2.24, 2.45) is 5.92 Å². The molecule has 0 radical (unpaired) electrons. The van der Waals surface area contributed by atoms with E-state index in [9.17, 15) is 9.59 Å². The number of amides is 1. The number of aromatic nitrogens is 1. The van der Waals surface area contributed by atoms with E-state index in [2.05, 4.69) is 4.98 Å². The van der Waals surface area contributed by atoms with Gasteiger partial charge in [-0.2, -0.15) is 0 Å². The molecule has 2 heterocycles. The molecule has 98 valence electrons. The van der Waals surface area contributed by atoms with E-state index in [-0.39, 0.29) is 18.2 Å². The molecule has 19 heavy (non-hydrogen) atoms. The Hall–Kier alpha value is -2.30. The van der Waals surface area contributed by atoms with Crippen LogP contribution in [0.2, 0.25) is 0 Å². The molecule has 1 unspecified atom stereocenters. The average Bonchev–Trinajstić information content (AvgIpc) is 2.92. The number of anilines is 1. The number of hydrogen-bond donors (Lipinski definition) is 2. The number of carbonyl (C=O) groups is 2. The molecule has 1 aliphatic rings. The van der Waals surface area contributed by atoms with E-state index in [1.165, 1.54) is 0 Å². The highest BCUT2D eigenvalue weighted by molar-refractivity contribution is 6.04. The van der Waals surface area contributed by atoms with Gasteiger partial charge in [-0.15, -0.1) is 0 Å². The van der Waals surface area contributed by atoms with E-state index in [0.29, 0.717) is 13.0 Å². The summed E-state index contributed by atoms with van der Waals surface area (Å²) >= 11 is 0. The topological polar surface area (TPSA) is 73.4 Å². The van der Waals surface area contributed by atoms with Crippen molar-refractivity contribution in [2.75, 3.05) is 11.4 Å². The van der Waals surface area contributed by atoms with Crippen LogP contribution in [0, 0.1) is 5.92 Å². The lowest BCUT2D eigenvalue weighted by molar-refractivity contribution is -0.137. The first-order valence-corrected chi connectivity index (χ1v) is 6.23. The quantitative estimate of drug-likeness (QED) is 0.884. The maximum Gasteiger partial charge on any atom is 0.303 e. The number of carboxylic acid groups (broad SMARTS) is 1. The summed E-state index contributed by atoms with van der Waals surface area (Å²) in [6, 6.07) is 7.77. The van der Waals surface area contributed by atoms with Crippen LogP contribution in [-0.4, -0.2) is 28.5 Å². The number of aliphatic carboxylic acids is 1. The first-order chi connectivity index (χ1) is 9.15. The van der Waals surface area contributed by atoms with Crippen LogP contribution in [0.4, 0.5) is 5.69 Å². The molecular weight excluding hydrogens is 244 g/mol. The third kappa shape index (κ3) is 2.07. The van der Waals surface area contributed by atoms with Crippen molar-refractivity contribution in [1.82, 2.24) is 4.98 Å². The zero-order chi connectivity index (χ0) is 13.4. The zero-order valence-corrected chi connectivity index (χ0v) is 10.3. The van der Waals surface area contributed by atoms with Crippen LogP contribution in [0.25, 0.3) is 10.9 Å². The molecule has 0 saturated carbocycles. The molecule has 1 fully saturated rings. The van der Waals surface area contributed by atoms with Gasteiger partial charge in [-0.25, -0.2) is 0 Å². The fraction of sp³-hybridized carbons (Fsp3) is 0.286. The molecule has 2 N–H and O–H groups in total. The molecule has 3 rings (SSSR count). The Morgan fingerprint density at radius 3 is 3.00 bits per heavy atom. The van der Waals surface area contributed by atoms with Gasteiger partial charge >= 0.3 is 5.97 Å².